The second-order valence-corrected chi connectivity index (χ2v) is 6.41. The molecule has 1 heteroatoms. The van der Waals surface area contributed by atoms with Crippen molar-refractivity contribution in [3.8, 4) is 0 Å². The summed E-state index contributed by atoms with van der Waals surface area (Å²) in [5.74, 6) is 0. The van der Waals surface area contributed by atoms with Crippen molar-refractivity contribution >= 4 is 24.1 Å². The van der Waals surface area contributed by atoms with Gasteiger partial charge in [-0.3, -0.25) is 0 Å². The maximum absolute atomic E-state index is 2.33. The number of fused-ring (bicyclic) bond motifs is 1. The Labute approximate surface area is 85.3 Å². The summed E-state index contributed by atoms with van der Waals surface area (Å²) in [6, 6.07) is 9.15. The van der Waals surface area contributed by atoms with Crippen LogP contribution in [-0.2, 0) is 5.41 Å². The minimum absolute atomic E-state index is 0.276. The molecule has 0 radical (unpaired) electrons. The standard InChI is InChI=1S/C12H14Se/c1-12(2,3)10-4-5-11-9(8-10)6-7-13-11/h4-8H,1-3H3. The van der Waals surface area contributed by atoms with Gasteiger partial charge in [0.25, 0.3) is 0 Å². The van der Waals surface area contributed by atoms with E-state index in [4.69, 9.17) is 0 Å². The monoisotopic (exact) mass is 238 g/mol. The van der Waals surface area contributed by atoms with E-state index >= 15 is 0 Å². The topological polar surface area (TPSA) is 0 Å². The van der Waals surface area contributed by atoms with Gasteiger partial charge in [-0.25, -0.2) is 0 Å². The summed E-state index contributed by atoms with van der Waals surface area (Å²) in [6.07, 6.45) is 0. The van der Waals surface area contributed by atoms with E-state index < -0.39 is 0 Å². The first-order valence-corrected chi connectivity index (χ1v) is 6.40. The molecule has 0 aliphatic carbocycles. The van der Waals surface area contributed by atoms with Gasteiger partial charge in [0, 0.05) is 0 Å². The van der Waals surface area contributed by atoms with Gasteiger partial charge in [0.05, 0.1) is 0 Å². The van der Waals surface area contributed by atoms with Crippen molar-refractivity contribution in [2.45, 2.75) is 26.2 Å². The second kappa shape index (κ2) is 3.01. The molecule has 0 aliphatic rings. The normalized spacial score (nSPS) is 12.2. The van der Waals surface area contributed by atoms with E-state index in [1.54, 1.807) is 0 Å². The maximum atomic E-state index is 2.33. The quantitative estimate of drug-likeness (QED) is 0.617. The van der Waals surface area contributed by atoms with E-state index in [1.165, 1.54) is 15.2 Å². The zero-order chi connectivity index (χ0) is 9.47. The average molecular weight is 237 g/mol. The van der Waals surface area contributed by atoms with Crippen molar-refractivity contribution in [3.63, 3.8) is 0 Å². The Morgan fingerprint density at radius 2 is 1.85 bits per heavy atom. The van der Waals surface area contributed by atoms with E-state index in [0.717, 1.165) is 0 Å². The molecule has 0 aliphatic heterocycles. The molecule has 0 bridgehead atoms. The van der Waals surface area contributed by atoms with Crippen LogP contribution in [0, 0.1) is 0 Å². The van der Waals surface area contributed by atoms with Crippen molar-refractivity contribution in [3.05, 3.63) is 34.8 Å². The summed E-state index contributed by atoms with van der Waals surface area (Å²) in [6.45, 7) is 6.79. The van der Waals surface area contributed by atoms with Crippen LogP contribution in [0.3, 0.4) is 0 Å². The Morgan fingerprint density at radius 3 is 2.54 bits per heavy atom. The van der Waals surface area contributed by atoms with Gasteiger partial charge in [0.1, 0.15) is 0 Å². The summed E-state index contributed by atoms with van der Waals surface area (Å²) in [4.78, 5) is 2.30. The Bertz CT molecular complexity index is 418. The molecule has 0 spiro atoms. The van der Waals surface area contributed by atoms with E-state index in [1.807, 2.05) is 0 Å². The van der Waals surface area contributed by atoms with Crippen LogP contribution in [0.5, 0.6) is 0 Å². The molecular weight excluding hydrogens is 223 g/mol. The van der Waals surface area contributed by atoms with Crippen LogP contribution >= 0.6 is 0 Å². The fourth-order valence-electron chi connectivity index (χ4n) is 1.43. The molecule has 1 heterocycles. The van der Waals surface area contributed by atoms with Gasteiger partial charge in [-0.1, -0.05) is 0 Å². The van der Waals surface area contributed by atoms with E-state index in [0.29, 0.717) is 14.5 Å². The zero-order valence-electron chi connectivity index (χ0n) is 8.29. The van der Waals surface area contributed by atoms with Crippen molar-refractivity contribution in [2.24, 2.45) is 0 Å². The van der Waals surface area contributed by atoms with Crippen LogP contribution in [-0.4, -0.2) is 14.5 Å². The summed E-state index contributed by atoms with van der Waals surface area (Å²) < 4.78 is 1.53. The number of benzene rings is 1. The molecule has 68 valence electrons. The third-order valence-electron chi connectivity index (χ3n) is 2.32. The summed E-state index contributed by atoms with van der Waals surface area (Å²) in [5, 5.41) is 1.44. The first-order valence-electron chi connectivity index (χ1n) is 4.55. The molecule has 13 heavy (non-hydrogen) atoms. The molecule has 0 N–H and O–H groups in total. The van der Waals surface area contributed by atoms with Crippen molar-refractivity contribution in [1.29, 1.82) is 0 Å². The molecule has 0 unspecified atom stereocenters. The third kappa shape index (κ3) is 1.72. The van der Waals surface area contributed by atoms with Gasteiger partial charge in [0.15, 0.2) is 0 Å². The Balaban J connectivity index is 2.61. The van der Waals surface area contributed by atoms with Crippen LogP contribution in [0.15, 0.2) is 29.2 Å². The first kappa shape index (κ1) is 9.05. The predicted octanol–water partition coefficient (Wildman–Crippen LogP) is 3.19. The van der Waals surface area contributed by atoms with Crippen molar-refractivity contribution in [1.82, 2.24) is 0 Å². The van der Waals surface area contributed by atoms with E-state index in [9.17, 15) is 0 Å². The number of hydrogen-bond acceptors (Lipinski definition) is 0. The number of rotatable bonds is 0. The van der Waals surface area contributed by atoms with Gasteiger partial charge in [-0.15, -0.1) is 0 Å². The number of hydrogen-bond donors (Lipinski definition) is 0. The van der Waals surface area contributed by atoms with Crippen LogP contribution in [0.25, 0.3) is 9.65 Å². The summed E-state index contributed by atoms with van der Waals surface area (Å²) in [5.41, 5.74) is 1.71. The van der Waals surface area contributed by atoms with Gasteiger partial charge < -0.3 is 0 Å². The fraction of sp³-hybridized carbons (Fsp3) is 0.333. The summed E-state index contributed by atoms with van der Waals surface area (Å²) >= 11 is 0.589. The molecule has 0 atom stereocenters. The minimum atomic E-state index is 0.276. The molecule has 0 amide bonds. The van der Waals surface area contributed by atoms with Crippen LogP contribution < -0.4 is 0 Å². The third-order valence-corrected chi connectivity index (χ3v) is 4.20. The molecule has 1 aromatic heterocycles. The molecule has 0 saturated heterocycles. The average Bonchev–Trinajstić information content (AvgIpc) is 2.47. The van der Waals surface area contributed by atoms with Crippen LogP contribution in [0.4, 0.5) is 0 Å². The molecule has 2 aromatic rings. The molecule has 0 saturated carbocycles. The predicted molar refractivity (Wildman–Crippen MR) is 59.6 cm³/mol. The molecule has 2 rings (SSSR count). The molecule has 1 aromatic carbocycles. The van der Waals surface area contributed by atoms with Gasteiger partial charge >= 0.3 is 85.1 Å². The van der Waals surface area contributed by atoms with E-state index in [-0.39, 0.29) is 5.41 Å². The Kier molecular flexibility index (Phi) is 2.09. The van der Waals surface area contributed by atoms with Crippen LogP contribution in [0.2, 0.25) is 0 Å². The van der Waals surface area contributed by atoms with Gasteiger partial charge in [-0.2, -0.15) is 0 Å². The Morgan fingerprint density at radius 1 is 1.08 bits per heavy atom. The van der Waals surface area contributed by atoms with E-state index in [2.05, 4.69) is 50.0 Å². The van der Waals surface area contributed by atoms with Gasteiger partial charge in [-0.05, 0) is 0 Å². The van der Waals surface area contributed by atoms with Crippen molar-refractivity contribution < 1.29 is 0 Å². The second-order valence-electron chi connectivity index (χ2n) is 4.42. The summed E-state index contributed by atoms with van der Waals surface area (Å²) in [7, 11) is 0. The van der Waals surface area contributed by atoms with Gasteiger partial charge in [0.2, 0.25) is 0 Å². The Hall–Kier alpha value is -0.521. The molecule has 0 fully saturated rings. The first-order chi connectivity index (χ1) is 6.07. The SMILES string of the molecule is CC(C)(C)c1ccc2[se]ccc2c1. The molecule has 0 nitrogen and oxygen atoms in total. The molecular formula is C12H14Se. The zero-order valence-corrected chi connectivity index (χ0v) is 10.0. The van der Waals surface area contributed by atoms with Crippen molar-refractivity contribution in [2.75, 3.05) is 0 Å². The van der Waals surface area contributed by atoms with Crippen LogP contribution in [0.1, 0.15) is 26.3 Å². The fourth-order valence-corrected chi connectivity index (χ4v) is 3.05.